The Bertz CT molecular complexity index is 975. The number of aromatic amines is 1. The van der Waals surface area contributed by atoms with Crippen molar-refractivity contribution in [3.05, 3.63) is 71.4 Å². The maximum Gasteiger partial charge on any atom is 0.162 e. The number of carbonyl (C=O) groups is 1. The summed E-state index contributed by atoms with van der Waals surface area (Å²) < 4.78 is 0. The molecule has 0 bridgehead atoms. The van der Waals surface area contributed by atoms with Gasteiger partial charge in [0, 0.05) is 35.1 Å². The first-order valence-electron chi connectivity index (χ1n) is 10.7. The van der Waals surface area contributed by atoms with E-state index >= 15 is 0 Å². The van der Waals surface area contributed by atoms with Gasteiger partial charge in [0.2, 0.25) is 0 Å². The molecule has 2 atom stereocenters. The van der Waals surface area contributed by atoms with Gasteiger partial charge in [-0.15, -0.1) is 0 Å². The highest BCUT2D eigenvalue weighted by molar-refractivity contribution is 5.95. The third-order valence-electron chi connectivity index (χ3n) is 6.78. The number of hydrogen-bond donors (Lipinski definition) is 1. The number of aromatic nitrogens is 1. The Labute approximate surface area is 166 Å². The Kier molecular flexibility index (Phi) is 4.77. The molecule has 0 saturated carbocycles. The Balaban J connectivity index is 1.19. The predicted octanol–water partition coefficient (Wildman–Crippen LogP) is 4.87. The van der Waals surface area contributed by atoms with E-state index in [4.69, 9.17) is 0 Å². The van der Waals surface area contributed by atoms with Crippen molar-refractivity contribution in [3.8, 4) is 0 Å². The van der Waals surface area contributed by atoms with Crippen LogP contribution in [0.3, 0.4) is 0 Å². The largest absolute Gasteiger partial charge is 0.358 e. The molecule has 1 N–H and O–H groups in total. The second-order valence-corrected chi connectivity index (χ2v) is 8.54. The topological polar surface area (TPSA) is 36.1 Å². The molecule has 3 nitrogen and oxygen atoms in total. The highest BCUT2D eigenvalue weighted by Gasteiger charge is 2.34. The van der Waals surface area contributed by atoms with Crippen molar-refractivity contribution >= 4 is 16.7 Å². The molecule has 1 aliphatic carbocycles. The monoisotopic (exact) mass is 372 g/mol. The second-order valence-electron chi connectivity index (χ2n) is 8.54. The maximum atomic E-state index is 12.3. The standard InChI is InChI=1S/C25H28N2O/c28-25(18-7-2-1-3-8-18)11-6-13-27-14-12-19-16-24-22(15-20(19)17-27)21-9-4-5-10-23(21)26-24/h1-5,7-10,19-20,26H,6,11-17H2/t19-,20+/m1/s1. The fourth-order valence-electron chi connectivity index (χ4n) is 5.28. The number of nitrogens with zero attached hydrogens (tertiary/aromatic N) is 1. The lowest BCUT2D eigenvalue weighted by Gasteiger charge is -2.41. The number of hydrogen-bond acceptors (Lipinski definition) is 2. The van der Waals surface area contributed by atoms with E-state index in [9.17, 15) is 4.79 Å². The molecular formula is C25H28N2O. The van der Waals surface area contributed by atoms with Crippen LogP contribution in [-0.4, -0.2) is 35.3 Å². The van der Waals surface area contributed by atoms with Crippen molar-refractivity contribution in [3.63, 3.8) is 0 Å². The van der Waals surface area contributed by atoms with E-state index in [2.05, 4.69) is 34.1 Å². The number of benzene rings is 2. The van der Waals surface area contributed by atoms with Crippen molar-refractivity contribution in [2.75, 3.05) is 19.6 Å². The lowest BCUT2D eigenvalue weighted by Crippen LogP contribution is -2.44. The molecule has 2 aromatic carbocycles. The summed E-state index contributed by atoms with van der Waals surface area (Å²) in [5.74, 6) is 1.84. The van der Waals surface area contributed by atoms with Crippen LogP contribution >= 0.6 is 0 Å². The molecule has 3 heteroatoms. The van der Waals surface area contributed by atoms with Crippen LogP contribution in [0, 0.1) is 11.8 Å². The number of H-pyrrole nitrogens is 1. The number of likely N-dealkylation sites (tertiary alicyclic amines) is 1. The van der Waals surface area contributed by atoms with E-state index in [-0.39, 0.29) is 5.78 Å². The van der Waals surface area contributed by atoms with Crippen LogP contribution in [0.25, 0.3) is 10.9 Å². The van der Waals surface area contributed by atoms with Crippen LogP contribution < -0.4 is 0 Å². The molecule has 28 heavy (non-hydrogen) atoms. The molecule has 2 aliphatic rings. The normalized spacial score (nSPS) is 22.0. The number of piperidine rings is 1. The van der Waals surface area contributed by atoms with E-state index in [1.54, 1.807) is 5.56 Å². The van der Waals surface area contributed by atoms with E-state index in [0.717, 1.165) is 30.4 Å². The SMILES string of the molecule is O=C(CCCN1CC[C@@H]2Cc3[nH]c4ccccc4c3C[C@H]2C1)c1ccccc1. The van der Waals surface area contributed by atoms with Gasteiger partial charge in [-0.3, -0.25) is 4.79 Å². The fourth-order valence-corrected chi connectivity index (χ4v) is 5.28. The molecule has 1 fully saturated rings. The smallest absolute Gasteiger partial charge is 0.162 e. The number of para-hydroxylation sites is 1. The van der Waals surface area contributed by atoms with Gasteiger partial charge in [-0.25, -0.2) is 0 Å². The predicted molar refractivity (Wildman–Crippen MR) is 114 cm³/mol. The number of nitrogens with one attached hydrogen (secondary N) is 1. The van der Waals surface area contributed by atoms with Gasteiger partial charge in [-0.05, 0) is 62.2 Å². The molecule has 0 spiro atoms. The highest BCUT2D eigenvalue weighted by atomic mass is 16.1. The van der Waals surface area contributed by atoms with E-state index < -0.39 is 0 Å². The lowest BCUT2D eigenvalue weighted by molar-refractivity contribution is 0.0940. The summed E-state index contributed by atoms with van der Waals surface area (Å²) >= 11 is 0. The molecule has 2 heterocycles. The first-order valence-corrected chi connectivity index (χ1v) is 10.7. The molecule has 0 radical (unpaired) electrons. The van der Waals surface area contributed by atoms with Gasteiger partial charge >= 0.3 is 0 Å². The second kappa shape index (κ2) is 7.56. The number of fused-ring (bicyclic) bond motifs is 4. The minimum atomic E-state index is 0.275. The number of ketones is 1. The van der Waals surface area contributed by atoms with Gasteiger partial charge < -0.3 is 9.88 Å². The van der Waals surface area contributed by atoms with Crippen LogP contribution in [0.5, 0.6) is 0 Å². The van der Waals surface area contributed by atoms with E-state index in [1.165, 1.54) is 48.9 Å². The van der Waals surface area contributed by atoms with Crippen LogP contribution in [-0.2, 0) is 12.8 Å². The molecule has 1 saturated heterocycles. The minimum Gasteiger partial charge on any atom is -0.358 e. The Hall–Kier alpha value is -2.39. The molecular weight excluding hydrogens is 344 g/mol. The third kappa shape index (κ3) is 3.40. The summed E-state index contributed by atoms with van der Waals surface area (Å²) in [5.41, 5.74) is 5.17. The number of rotatable bonds is 5. The Morgan fingerprint density at radius 2 is 1.82 bits per heavy atom. The van der Waals surface area contributed by atoms with Crippen molar-refractivity contribution in [2.24, 2.45) is 11.8 Å². The number of Topliss-reactive ketones (excluding diaryl/α,β-unsaturated/α-hetero) is 1. The van der Waals surface area contributed by atoms with E-state index in [1.807, 2.05) is 30.3 Å². The first-order chi connectivity index (χ1) is 13.8. The fraction of sp³-hybridized carbons (Fsp3) is 0.400. The molecule has 0 unspecified atom stereocenters. The summed E-state index contributed by atoms with van der Waals surface area (Å²) in [4.78, 5) is 18.6. The van der Waals surface area contributed by atoms with Crippen LogP contribution in [0.4, 0.5) is 0 Å². The van der Waals surface area contributed by atoms with Gasteiger partial charge in [-0.2, -0.15) is 0 Å². The maximum absolute atomic E-state index is 12.3. The van der Waals surface area contributed by atoms with Crippen molar-refractivity contribution < 1.29 is 4.79 Å². The zero-order valence-electron chi connectivity index (χ0n) is 16.4. The Morgan fingerprint density at radius 1 is 1.00 bits per heavy atom. The minimum absolute atomic E-state index is 0.275. The lowest BCUT2D eigenvalue weighted by atomic mass is 9.74. The van der Waals surface area contributed by atoms with Gasteiger partial charge in [0.15, 0.2) is 5.78 Å². The summed E-state index contributed by atoms with van der Waals surface area (Å²) in [6.07, 6.45) is 5.30. The molecule has 3 aromatic rings. The molecule has 5 rings (SSSR count). The zero-order valence-corrected chi connectivity index (χ0v) is 16.4. The van der Waals surface area contributed by atoms with Crippen molar-refractivity contribution in [1.82, 2.24) is 9.88 Å². The van der Waals surface area contributed by atoms with Crippen LogP contribution in [0.1, 0.15) is 40.9 Å². The van der Waals surface area contributed by atoms with Crippen LogP contribution in [0.15, 0.2) is 54.6 Å². The average molecular weight is 373 g/mol. The summed E-state index contributed by atoms with van der Waals surface area (Å²) in [7, 11) is 0. The van der Waals surface area contributed by atoms with Crippen molar-refractivity contribution in [2.45, 2.75) is 32.1 Å². The van der Waals surface area contributed by atoms with Gasteiger partial charge in [0.25, 0.3) is 0 Å². The zero-order chi connectivity index (χ0) is 18.9. The van der Waals surface area contributed by atoms with Gasteiger partial charge in [-0.1, -0.05) is 48.5 Å². The molecule has 144 valence electrons. The number of carbonyl (C=O) groups excluding carboxylic acids is 1. The molecule has 1 aliphatic heterocycles. The van der Waals surface area contributed by atoms with Crippen molar-refractivity contribution in [1.29, 1.82) is 0 Å². The Morgan fingerprint density at radius 3 is 2.71 bits per heavy atom. The molecule has 1 aromatic heterocycles. The average Bonchev–Trinajstić information content (AvgIpc) is 3.10. The highest BCUT2D eigenvalue weighted by Crippen LogP contribution is 2.38. The van der Waals surface area contributed by atoms with Crippen LogP contribution in [0.2, 0.25) is 0 Å². The quantitative estimate of drug-likeness (QED) is 0.649. The summed E-state index contributed by atoms with van der Waals surface area (Å²) in [5, 5.41) is 1.42. The van der Waals surface area contributed by atoms with Gasteiger partial charge in [0.05, 0.1) is 0 Å². The first kappa shape index (κ1) is 17.7. The van der Waals surface area contributed by atoms with E-state index in [0.29, 0.717) is 6.42 Å². The van der Waals surface area contributed by atoms with Gasteiger partial charge in [0.1, 0.15) is 0 Å². The third-order valence-corrected chi connectivity index (χ3v) is 6.78. The summed E-state index contributed by atoms with van der Waals surface area (Å²) in [6.45, 7) is 3.40. The molecule has 0 amide bonds. The summed E-state index contributed by atoms with van der Waals surface area (Å²) in [6, 6.07) is 18.4.